The standard InChI is InChI=1S/C23H25NO6/c1-4-30-18-7-5-6-16(14-18)21(25)19-20(15-8-10-17(29-3)11-9-15)24(12-13-28-2)23(27)22(19)26/h5-11,14,20,25H,4,12-13H2,1-3H3/b21-19+. The van der Waals surface area contributed by atoms with E-state index in [1.807, 2.05) is 6.92 Å². The van der Waals surface area contributed by atoms with E-state index in [2.05, 4.69) is 0 Å². The van der Waals surface area contributed by atoms with E-state index in [0.29, 0.717) is 29.2 Å². The van der Waals surface area contributed by atoms with Gasteiger partial charge in [0.05, 0.1) is 31.9 Å². The van der Waals surface area contributed by atoms with Crippen LogP contribution in [0.5, 0.6) is 11.5 Å². The minimum absolute atomic E-state index is 0.0370. The molecule has 0 radical (unpaired) electrons. The highest BCUT2D eigenvalue weighted by atomic mass is 16.5. The molecule has 1 heterocycles. The summed E-state index contributed by atoms with van der Waals surface area (Å²) >= 11 is 0. The molecule has 30 heavy (non-hydrogen) atoms. The van der Waals surface area contributed by atoms with Gasteiger partial charge in [0.2, 0.25) is 0 Å². The summed E-state index contributed by atoms with van der Waals surface area (Å²) in [5.41, 5.74) is 1.13. The first kappa shape index (κ1) is 21.4. The van der Waals surface area contributed by atoms with Gasteiger partial charge in [-0.1, -0.05) is 24.3 Å². The molecule has 0 bridgehead atoms. The van der Waals surface area contributed by atoms with Crippen molar-refractivity contribution in [2.45, 2.75) is 13.0 Å². The normalized spacial score (nSPS) is 18.0. The zero-order valence-corrected chi connectivity index (χ0v) is 17.3. The number of hydrogen-bond donors (Lipinski definition) is 1. The van der Waals surface area contributed by atoms with Gasteiger partial charge in [0.15, 0.2) is 0 Å². The maximum atomic E-state index is 12.9. The summed E-state index contributed by atoms with van der Waals surface area (Å²) in [6, 6.07) is 13.1. The lowest BCUT2D eigenvalue weighted by Gasteiger charge is -2.25. The number of Topliss-reactive ketones (excluding diaryl/α,β-unsaturated/α-hetero) is 1. The van der Waals surface area contributed by atoms with Crippen LogP contribution in [0.3, 0.4) is 0 Å². The predicted molar refractivity (Wildman–Crippen MR) is 111 cm³/mol. The van der Waals surface area contributed by atoms with Crippen LogP contribution >= 0.6 is 0 Å². The summed E-state index contributed by atoms with van der Waals surface area (Å²) in [7, 11) is 3.09. The fourth-order valence-electron chi connectivity index (χ4n) is 3.49. The molecule has 1 aliphatic rings. The first-order valence-corrected chi connectivity index (χ1v) is 9.66. The number of methoxy groups -OCH3 is 2. The molecule has 1 atom stereocenters. The minimum Gasteiger partial charge on any atom is -0.507 e. The number of ketones is 1. The number of amides is 1. The van der Waals surface area contributed by atoms with Crippen LogP contribution in [0.4, 0.5) is 0 Å². The van der Waals surface area contributed by atoms with Gasteiger partial charge in [-0.2, -0.15) is 0 Å². The number of hydrogen-bond acceptors (Lipinski definition) is 6. The third-order valence-electron chi connectivity index (χ3n) is 4.93. The summed E-state index contributed by atoms with van der Waals surface area (Å²) in [5.74, 6) is -0.426. The zero-order chi connectivity index (χ0) is 21.7. The quantitative estimate of drug-likeness (QED) is 0.408. The molecule has 7 heteroatoms. The molecule has 1 aliphatic heterocycles. The van der Waals surface area contributed by atoms with Gasteiger partial charge in [0.1, 0.15) is 17.3 Å². The summed E-state index contributed by atoms with van der Waals surface area (Å²) < 4.78 is 15.8. The highest BCUT2D eigenvalue weighted by Gasteiger charge is 2.45. The van der Waals surface area contributed by atoms with Crippen molar-refractivity contribution >= 4 is 17.4 Å². The second kappa shape index (κ2) is 9.45. The van der Waals surface area contributed by atoms with Crippen molar-refractivity contribution in [1.82, 2.24) is 4.90 Å². The summed E-state index contributed by atoms with van der Waals surface area (Å²) in [5, 5.41) is 11.0. The third kappa shape index (κ3) is 4.16. The van der Waals surface area contributed by atoms with Crippen molar-refractivity contribution < 1.29 is 28.9 Å². The van der Waals surface area contributed by atoms with Crippen molar-refractivity contribution in [2.75, 3.05) is 34.0 Å². The van der Waals surface area contributed by atoms with Gasteiger partial charge in [0, 0.05) is 19.2 Å². The molecule has 7 nitrogen and oxygen atoms in total. The van der Waals surface area contributed by atoms with Gasteiger partial charge in [0.25, 0.3) is 11.7 Å². The van der Waals surface area contributed by atoms with Crippen LogP contribution in [0.15, 0.2) is 54.1 Å². The molecule has 0 saturated carbocycles. The molecule has 1 unspecified atom stereocenters. The third-order valence-corrected chi connectivity index (χ3v) is 4.93. The van der Waals surface area contributed by atoms with Crippen LogP contribution in [0.25, 0.3) is 5.76 Å². The average Bonchev–Trinajstić information content (AvgIpc) is 3.02. The number of rotatable bonds is 8. The average molecular weight is 411 g/mol. The summed E-state index contributed by atoms with van der Waals surface area (Å²) in [6.07, 6.45) is 0. The maximum absolute atomic E-state index is 12.9. The molecule has 1 fully saturated rings. The van der Waals surface area contributed by atoms with E-state index in [9.17, 15) is 14.7 Å². The van der Waals surface area contributed by atoms with Crippen molar-refractivity contribution in [3.05, 3.63) is 65.2 Å². The Bertz CT molecular complexity index is 950. The number of carbonyl (C=O) groups excluding carboxylic acids is 2. The largest absolute Gasteiger partial charge is 0.507 e. The molecule has 0 spiro atoms. The van der Waals surface area contributed by atoms with Crippen LogP contribution in [-0.2, 0) is 14.3 Å². The zero-order valence-electron chi connectivity index (χ0n) is 17.3. The van der Waals surface area contributed by atoms with Gasteiger partial charge in [-0.25, -0.2) is 0 Å². The Kier molecular flexibility index (Phi) is 6.74. The van der Waals surface area contributed by atoms with Gasteiger partial charge < -0.3 is 24.2 Å². The van der Waals surface area contributed by atoms with Crippen LogP contribution < -0.4 is 9.47 Å². The Hall–Kier alpha value is -3.32. The molecule has 2 aromatic rings. The summed E-state index contributed by atoms with van der Waals surface area (Å²) in [6.45, 7) is 2.81. The van der Waals surface area contributed by atoms with Gasteiger partial charge >= 0.3 is 0 Å². The molecule has 1 N–H and O–H groups in total. The Morgan fingerprint density at radius 3 is 2.43 bits per heavy atom. The summed E-state index contributed by atoms with van der Waals surface area (Å²) in [4.78, 5) is 27.1. The lowest BCUT2D eigenvalue weighted by molar-refractivity contribution is -0.140. The first-order chi connectivity index (χ1) is 14.5. The van der Waals surface area contributed by atoms with E-state index >= 15 is 0 Å². The van der Waals surface area contributed by atoms with Gasteiger partial charge in [-0.15, -0.1) is 0 Å². The van der Waals surface area contributed by atoms with Crippen molar-refractivity contribution in [3.8, 4) is 11.5 Å². The number of nitrogens with zero attached hydrogens (tertiary/aromatic N) is 1. The van der Waals surface area contributed by atoms with Gasteiger partial charge in [-0.3, -0.25) is 9.59 Å². The number of likely N-dealkylation sites (tertiary alicyclic amines) is 1. The number of aliphatic hydroxyl groups is 1. The first-order valence-electron chi connectivity index (χ1n) is 9.66. The van der Waals surface area contributed by atoms with E-state index in [-0.39, 0.29) is 24.5 Å². The Morgan fingerprint density at radius 1 is 1.07 bits per heavy atom. The fraction of sp³-hybridized carbons (Fsp3) is 0.304. The molecule has 2 aromatic carbocycles. The van der Waals surface area contributed by atoms with E-state index < -0.39 is 17.7 Å². The molecule has 1 saturated heterocycles. The van der Waals surface area contributed by atoms with Crippen LogP contribution in [0, 0.1) is 0 Å². The van der Waals surface area contributed by atoms with Crippen molar-refractivity contribution in [3.63, 3.8) is 0 Å². The minimum atomic E-state index is -0.734. The number of carbonyl (C=O) groups is 2. The van der Waals surface area contributed by atoms with E-state index in [0.717, 1.165) is 0 Å². The van der Waals surface area contributed by atoms with Gasteiger partial charge in [-0.05, 0) is 36.8 Å². The van der Waals surface area contributed by atoms with E-state index in [1.54, 1.807) is 55.6 Å². The Balaban J connectivity index is 2.12. The number of ether oxygens (including phenoxy) is 3. The van der Waals surface area contributed by atoms with Crippen LogP contribution in [0.2, 0.25) is 0 Å². The topological polar surface area (TPSA) is 85.3 Å². The van der Waals surface area contributed by atoms with Crippen LogP contribution in [-0.4, -0.2) is 55.7 Å². The number of aliphatic hydroxyl groups excluding tert-OH is 1. The molecule has 1 amide bonds. The number of benzene rings is 2. The van der Waals surface area contributed by atoms with Crippen LogP contribution in [0.1, 0.15) is 24.1 Å². The second-order valence-corrected chi connectivity index (χ2v) is 6.72. The molecule has 158 valence electrons. The molecule has 0 aliphatic carbocycles. The molecule has 3 rings (SSSR count). The lowest BCUT2D eigenvalue weighted by Crippen LogP contribution is -2.32. The Labute approximate surface area is 175 Å². The SMILES string of the molecule is CCOc1cccc(/C(O)=C2\C(=O)C(=O)N(CCOC)C2c2ccc(OC)cc2)c1. The van der Waals surface area contributed by atoms with E-state index in [1.165, 1.54) is 12.0 Å². The Morgan fingerprint density at radius 2 is 1.80 bits per heavy atom. The van der Waals surface area contributed by atoms with E-state index in [4.69, 9.17) is 14.2 Å². The maximum Gasteiger partial charge on any atom is 0.295 e. The monoisotopic (exact) mass is 411 g/mol. The molecular formula is C23H25NO6. The van der Waals surface area contributed by atoms with Crippen molar-refractivity contribution in [1.29, 1.82) is 0 Å². The molecule has 0 aromatic heterocycles. The lowest BCUT2D eigenvalue weighted by atomic mass is 9.95. The van der Waals surface area contributed by atoms with Crippen molar-refractivity contribution in [2.24, 2.45) is 0 Å². The second-order valence-electron chi connectivity index (χ2n) is 6.72. The predicted octanol–water partition coefficient (Wildman–Crippen LogP) is 3.16. The highest BCUT2D eigenvalue weighted by molar-refractivity contribution is 6.46. The smallest absolute Gasteiger partial charge is 0.295 e. The highest BCUT2D eigenvalue weighted by Crippen LogP contribution is 2.40. The fourth-order valence-corrected chi connectivity index (χ4v) is 3.49. The molecular weight excluding hydrogens is 386 g/mol.